The molecular weight excluding hydrogens is 773 g/mol. The molecule has 0 saturated heterocycles. The lowest BCUT2D eigenvalue weighted by Gasteiger charge is -2.13. The summed E-state index contributed by atoms with van der Waals surface area (Å²) in [5, 5.41) is 4.69. The zero-order chi connectivity index (χ0) is 41.4. The van der Waals surface area contributed by atoms with Gasteiger partial charge in [0.05, 0.1) is 45.3 Å². The maximum Gasteiger partial charge on any atom is 0.155 e. The summed E-state index contributed by atoms with van der Waals surface area (Å²) in [5.74, 6) is 0.873. The fourth-order valence-electron chi connectivity index (χ4n) is 9.33. The highest BCUT2D eigenvalue weighted by Crippen LogP contribution is 2.39. The van der Waals surface area contributed by atoms with Crippen molar-refractivity contribution in [1.29, 1.82) is 0 Å². The molecule has 0 atom stereocenters. The van der Waals surface area contributed by atoms with Crippen LogP contribution in [0.4, 0.5) is 0 Å². The molecule has 0 spiro atoms. The van der Waals surface area contributed by atoms with Crippen molar-refractivity contribution in [3.8, 4) is 56.3 Å². The van der Waals surface area contributed by atoms with Crippen molar-refractivity contribution >= 4 is 65.8 Å². The van der Waals surface area contributed by atoms with Gasteiger partial charge in [-0.2, -0.15) is 0 Å². The molecule has 0 N–H and O–H groups in total. The quantitative estimate of drug-likeness (QED) is 0.167. The second-order valence-electron chi connectivity index (χ2n) is 15.9. The molecule has 0 bridgehead atoms. The molecule has 6 aromatic carbocycles. The Morgan fingerprint density at radius 3 is 1.89 bits per heavy atom. The summed E-state index contributed by atoms with van der Waals surface area (Å²) in [5.41, 5.74) is 16.5. The van der Waals surface area contributed by atoms with Gasteiger partial charge in [-0.05, 0) is 95.1 Å². The van der Waals surface area contributed by atoms with Gasteiger partial charge in [0.25, 0.3) is 0 Å². The number of furan rings is 1. The number of hydrogen-bond acceptors (Lipinski definition) is 5. The molecule has 7 nitrogen and oxygen atoms in total. The van der Waals surface area contributed by atoms with Crippen LogP contribution in [0.1, 0.15) is 0 Å². The smallest absolute Gasteiger partial charge is 0.155 e. The van der Waals surface area contributed by atoms with Crippen LogP contribution in [0.5, 0.6) is 0 Å². The summed E-state index contributed by atoms with van der Waals surface area (Å²) >= 11 is 0. The largest absolute Gasteiger partial charge is 0.453 e. The number of pyridine rings is 4. The van der Waals surface area contributed by atoms with Gasteiger partial charge in [-0.1, -0.05) is 115 Å². The molecule has 7 heteroatoms. The zero-order valence-corrected chi connectivity index (χ0v) is 33.7. The van der Waals surface area contributed by atoms with E-state index in [2.05, 4.69) is 172 Å². The van der Waals surface area contributed by atoms with Crippen molar-refractivity contribution < 1.29 is 4.42 Å². The van der Waals surface area contributed by atoms with Crippen LogP contribution >= 0.6 is 0 Å². The lowest BCUT2D eigenvalue weighted by atomic mass is 10.0. The Labute approximate surface area is 360 Å². The van der Waals surface area contributed by atoms with E-state index in [0.29, 0.717) is 5.58 Å². The number of para-hydroxylation sites is 2. The lowest BCUT2D eigenvalue weighted by molar-refractivity contribution is 0.667. The first-order chi connectivity index (χ1) is 31.2. The molecule has 13 aromatic rings. The third kappa shape index (κ3) is 5.67. The first kappa shape index (κ1) is 35.1. The van der Waals surface area contributed by atoms with Crippen molar-refractivity contribution in [2.24, 2.45) is 0 Å². The van der Waals surface area contributed by atoms with Crippen LogP contribution in [0.25, 0.3) is 122 Å². The Balaban J connectivity index is 0.961. The molecule has 0 fully saturated rings. The summed E-state index contributed by atoms with van der Waals surface area (Å²) in [7, 11) is 0. The first-order valence-corrected chi connectivity index (χ1v) is 21.0. The van der Waals surface area contributed by atoms with Gasteiger partial charge < -0.3 is 8.98 Å². The molecule has 0 unspecified atom stereocenters. The summed E-state index contributed by atoms with van der Waals surface area (Å²) in [6.07, 6.45) is 5.56. The van der Waals surface area contributed by atoms with Gasteiger partial charge in [0.15, 0.2) is 11.2 Å². The van der Waals surface area contributed by atoms with Crippen molar-refractivity contribution in [1.82, 2.24) is 29.1 Å². The molecule has 7 heterocycles. The van der Waals surface area contributed by atoms with Crippen LogP contribution in [0.15, 0.2) is 211 Å². The van der Waals surface area contributed by atoms with Gasteiger partial charge in [0.2, 0.25) is 0 Å². The third-order valence-corrected chi connectivity index (χ3v) is 12.2. The molecular formula is C56H34N6O. The lowest BCUT2D eigenvalue weighted by Crippen LogP contribution is -2.00. The van der Waals surface area contributed by atoms with E-state index in [-0.39, 0.29) is 0 Å². The third-order valence-electron chi connectivity index (χ3n) is 12.2. The summed E-state index contributed by atoms with van der Waals surface area (Å²) in [4.78, 5) is 19.7. The van der Waals surface area contributed by atoms with Crippen molar-refractivity contribution in [2.45, 2.75) is 0 Å². The minimum atomic E-state index is 0.710. The van der Waals surface area contributed by atoms with Crippen molar-refractivity contribution in [3.63, 3.8) is 0 Å². The highest BCUT2D eigenvalue weighted by molar-refractivity contribution is 6.12. The zero-order valence-electron chi connectivity index (χ0n) is 33.7. The van der Waals surface area contributed by atoms with Crippen LogP contribution in [-0.4, -0.2) is 29.1 Å². The minimum Gasteiger partial charge on any atom is -0.453 e. The summed E-state index contributed by atoms with van der Waals surface area (Å²) in [6.45, 7) is 0. The molecule has 0 aliphatic rings. The monoisotopic (exact) mass is 806 g/mol. The average molecular weight is 807 g/mol. The van der Waals surface area contributed by atoms with Gasteiger partial charge in [-0.15, -0.1) is 0 Å². The SMILES string of the molecule is c1ccc(-c2cc(-c3ccccc3)nc(-n3c4ccccc4c4ccc(-c5ccc6c(c5)c5ccccc5n6-c5cncc(-c6ccc7oc8cccnc8c7n6)c5)cc43)c2)cc1. The van der Waals surface area contributed by atoms with E-state index in [1.807, 2.05) is 42.7 Å². The highest BCUT2D eigenvalue weighted by Gasteiger charge is 2.19. The van der Waals surface area contributed by atoms with Gasteiger partial charge >= 0.3 is 0 Å². The van der Waals surface area contributed by atoms with Crippen molar-refractivity contribution in [3.05, 3.63) is 207 Å². The van der Waals surface area contributed by atoms with E-state index in [9.17, 15) is 0 Å². The Morgan fingerprint density at radius 2 is 1.05 bits per heavy atom. The van der Waals surface area contributed by atoms with Crippen LogP contribution < -0.4 is 0 Å². The van der Waals surface area contributed by atoms with Crippen LogP contribution in [0.2, 0.25) is 0 Å². The van der Waals surface area contributed by atoms with E-state index < -0.39 is 0 Å². The summed E-state index contributed by atoms with van der Waals surface area (Å²) < 4.78 is 10.6. The summed E-state index contributed by atoms with van der Waals surface area (Å²) in [6, 6.07) is 66.2. The topological polar surface area (TPSA) is 74.6 Å². The highest BCUT2D eigenvalue weighted by atomic mass is 16.3. The fraction of sp³-hybridized carbons (Fsp3) is 0. The number of benzene rings is 6. The van der Waals surface area contributed by atoms with Crippen LogP contribution in [0, 0.1) is 0 Å². The number of aromatic nitrogens is 6. The van der Waals surface area contributed by atoms with Gasteiger partial charge in [0, 0.05) is 45.1 Å². The Hall–Kier alpha value is -8.68. The Bertz CT molecular complexity index is 3860. The first-order valence-electron chi connectivity index (χ1n) is 21.0. The standard InChI is InChI=1S/C56H34N6O/c1-3-12-35(13-4-1)39-30-47(36-14-5-2-6-15-36)59-54(32-39)62-49-19-10-7-16-42(49)44-23-21-38(31-51(44)62)37-22-25-50-45(29-37)43-17-8-9-18-48(43)61(50)41-28-40(33-57-34-41)46-24-26-53-56(60-46)55-52(63-53)20-11-27-58-55/h1-34H. The number of rotatable bonds is 6. The van der Waals surface area contributed by atoms with E-state index in [1.54, 1.807) is 6.20 Å². The second kappa shape index (κ2) is 13.9. The molecule has 0 aliphatic carbocycles. The Kier molecular flexibility index (Phi) is 7.77. The van der Waals surface area contributed by atoms with Gasteiger partial charge in [-0.3, -0.25) is 14.5 Å². The van der Waals surface area contributed by atoms with E-state index in [1.165, 1.54) is 16.2 Å². The normalized spacial score (nSPS) is 11.8. The second-order valence-corrected chi connectivity index (χ2v) is 15.9. The molecule has 0 amide bonds. The molecule has 13 rings (SSSR count). The minimum absolute atomic E-state index is 0.710. The van der Waals surface area contributed by atoms with Crippen LogP contribution in [-0.2, 0) is 0 Å². The predicted octanol–water partition coefficient (Wildman–Crippen LogP) is 14.0. The van der Waals surface area contributed by atoms with Crippen LogP contribution in [0.3, 0.4) is 0 Å². The van der Waals surface area contributed by atoms with E-state index >= 15 is 0 Å². The van der Waals surface area contributed by atoms with E-state index in [4.69, 9.17) is 19.4 Å². The molecule has 7 aromatic heterocycles. The van der Waals surface area contributed by atoms with Gasteiger partial charge in [0.1, 0.15) is 16.9 Å². The molecule has 0 saturated carbocycles. The van der Waals surface area contributed by atoms with E-state index in [0.717, 1.165) is 100 Å². The average Bonchev–Trinajstić information content (AvgIpc) is 4.01. The number of nitrogens with zero attached hydrogens (tertiary/aromatic N) is 6. The molecule has 0 radical (unpaired) electrons. The maximum absolute atomic E-state index is 6.01. The molecule has 63 heavy (non-hydrogen) atoms. The van der Waals surface area contributed by atoms with Gasteiger partial charge in [-0.25, -0.2) is 9.97 Å². The number of fused-ring (bicyclic) bond motifs is 9. The van der Waals surface area contributed by atoms with Crippen molar-refractivity contribution in [2.75, 3.05) is 0 Å². The predicted molar refractivity (Wildman–Crippen MR) is 255 cm³/mol. The molecule has 0 aliphatic heterocycles. The Morgan fingerprint density at radius 1 is 0.365 bits per heavy atom. The maximum atomic E-state index is 6.01. The molecule has 294 valence electrons. The number of hydrogen-bond donors (Lipinski definition) is 0. The fourth-order valence-corrected chi connectivity index (χ4v) is 9.33.